The third-order valence-electron chi connectivity index (χ3n) is 4.58. The lowest BCUT2D eigenvalue weighted by Crippen LogP contribution is -2.87. The molecule has 0 aliphatic rings. The quantitative estimate of drug-likeness (QED) is 0.684. The Hall–Kier alpha value is -2.08. The number of anilines is 1. The molecule has 1 atom stereocenters. The summed E-state index contributed by atoms with van der Waals surface area (Å²) in [5.74, 6) is -0.348. The zero-order chi connectivity index (χ0) is 20.7. The molecule has 0 saturated carbocycles. The largest absolute Gasteiger partial charge is 0.332 e. The number of quaternary nitrogens is 1. The van der Waals surface area contributed by atoms with Crippen LogP contribution in [0.5, 0.6) is 0 Å². The van der Waals surface area contributed by atoms with E-state index in [4.69, 9.17) is 23.2 Å². The highest BCUT2D eigenvalue weighted by Gasteiger charge is 2.20. The Kier molecular flexibility index (Phi) is 8.30. The lowest BCUT2D eigenvalue weighted by molar-refractivity contribution is -0.683. The summed E-state index contributed by atoms with van der Waals surface area (Å²) in [6, 6.07) is 12.9. The Morgan fingerprint density at radius 3 is 2.57 bits per heavy atom. The third-order valence-corrected chi connectivity index (χ3v) is 5.16. The number of carbonyl (C=O) groups excluding carboxylic acids is 2. The van der Waals surface area contributed by atoms with Crippen LogP contribution >= 0.6 is 23.2 Å². The van der Waals surface area contributed by atoms with Gasteiger partial charge in [-0.2, -0.15) is 0 Å². The van der Waals surface area contributed by atoms with Crippen LogP contribution < -0.4 is 10.6 Å². The fourth-order valence-corrected chi connectivity index (χ4v) is 3.33. The standard InChI is InChI=1S/C21H25Cl2N3O2/c1-4-26(13-20(27)25-19-11-16(22)10-9-14(19)2)21(28)12-24-15(3)17-7-5-6-8-18(17)23/h5-11,15,24H,4,12-13H2,1-3H3,(H,25,27)/p+1/t15-/m0/s1. The minimum absolute atomic E-state index is 0.00436. The summed E-state index contributed by atoms with van der Waals surface area (Å²) in [6.45, 7) is 6.43. The summed E-state index contributed by atoms with van der Waals surface area (Å²) in [7, 11) is 0. The highest BCUT2D eigenvalue weighted by Crippen LogP contribution is 2.20. The first-order valence-electron chi connectivity index (χ1n) is 9.23. The molecule has 7 heteroatoms. The maximum absolute atomic E-state index is 12.6. The molecule has 0 radical (unpaired) electrons. The molecule has 0 fully saturated rings. The minimum atomic E-state index is -0.250. The second kappa shape index (κ2) is 10.5. The smallest absolute Gasteiger partial charge is 0.278 e. The molecule has 150 valence electrons. The van der Waals surface area contributed by atoms with Gasteiger partial charge in [0.25, 0.3) is 5.91 Å². The average Bonchev–Trinajstić information content (AvgIpc) is 2.67. The Balaban J connectivity index is 1.91. The molecule has 2 aromatic carbocycles. The van der Waals surface area contributed by atoms with Crippen molar-refractivity contribution in [2.75, 3.05) is 25.0 Å². The van der Waals surface area contributed by atoms with Crippen LogP contribution in [-0.2, 0) is 9.59 Å². The molecule has 0 aliphatic heterocycles. The van der Waals surface area contributed by atoms with E-state index in [2.05, 4.69) is 5.32 Å². The van der Waals surface area contributed by atoms with Crippen molar-refractivity contribution in [1.29, 1.82) is 0 Å². The molecule has 0 bridgehead atoms. The first-order valence-corrected chi connectivity index (χ1v) is 9.99. The van der Waals surface area contributed by atoms with E-state index >= 15 is 0 Å². The highest BCUT2D eigenvalue weighted by atomic mass is 35.5. The summed E-state index contributed by atoms with van der Waals surface area (Å²) in [4.78, 5) is 26.5. The van der Waals surface area contributed by atoms with Gasteiger partial charge in [-0.05, 0) is 44.5 Å². The number of likely N-dealkylation sites (N-methyl/N-ethyl adjacent to an activating group) is 1. The zero-order valence-electron chi connectivity index (χ0n) is 16.3. The number of carbonyl (C=O) groups is 2. The van der Waals surface area contributed by atoms with Crippen molar-refractivity contribution in [2.24, 2.45) is 0 Å². The van der Waals surface area contributed by atoms with E-state index in [-0.39, 0.29) is 30.9 Å². The molecule has 5 nitrogen and oxygen atoms in total. The number of benzene rings is 2. The second-order valence-electron chi connectivity index (χ2n) is 6.67. The van der Waals surface area contributed by atoms with Gasteiger partial charge in [0.2, 0.25) is 5.91 Å². The van der Waals surface area contributed by atoms with Crippen LogP contribution in [0.2, 0.25) is 10.0 Å². The third kappa shape index (κ3) is 6.23. The van der Waals surface area contributed by atoms with E-state index in [1.165, 1.54) is 4.90 Å². The van der Waals surface area contributed by atoms with Gasteiger partial charge in [0.15, 0.2) is 6.54 Å². The summed E-state index contributed by atoms with van der Waals surface area (Å²) in [5, 5.41) is 5.98. The number of hydrogen-bond donors (Lipinski definition) is 2. The van der Waals surface area contributed by atoms with Crippen molar-refractivity contribution in [3.05, 3.63) is 63.6 Å². The molecule has 2 aromatic rings. The van der Waals surface area contributed by atoms with Crippen LogP contribution in [0.15, 0.2) is 42.5 Å². The Labute approximate surface area is 176 Å². The van der Waals surface area contributed by atoms with Gasteiger partial charge >= 0.3 is 0 Å². The van der Waals surface area contributed by atoms with Crippen LogP contribution in [0.3, 0.4) is 0 Å². The highest BCUT2D eigenvalue weighted by molar-refractivity contribution is 6.31. The van der Waals surface area contributed by atoms with Crippen molar-refractivity contribution in [1.82, 2.24) is 4.90 Å². The van der Waals surface area contributed by atoms with Gasteiger partial charge in [-0.1, -0.05) is 47.5 Å². The maximum atomic E-state index is 12.6. The summed E-state index contributed by atoms with van der Waals surface area (Å²) in [5.41, 5.74) is 2.54. The van der Waals surface area contributed by atoms with Crippen molar-refractivity contribution in [2.45, 2.75) is 26.8 Å². The molecule has 0 unspecified atom stereocenters. The molecule has 0 aliphatic carbocycles. The van der Waals surface area contributed by atoms with Crippen molar-refractivity contribution in [3.8, 4) is 0 Å². The van der Waals surface area contributed by atoms with Gasteiger partial charge in [0.05, 0.1) is 0 Å². The van der Waals surface area contributed by atoms with Crippen molar-refractivity contribution < 1.29 is 14.9 Å². The van der Waals surface area contributed by atoms with Gasteiger partial charge in [0, 0.05) is 27.8 Å². The number of hydrogen-bond acceptors (Lipinski definition) is 2. The predicted octanol–water partition coefficient (Wildman–Crippen LogP) is 3.41. The number of nitrogens with one attached hydrogen (secondary N) is 1. The Morgan fingerprint density at radius 1 is 1.18 bits per heavy atom. The Bertz CT molecular complexity index is 842. The zero-order valence-corrected chi connectivity index (χ0v) is 17.8. The van der Waals surface area contributed by atoms with Gasteiger partial charge in [-0.15, -0.1) is 0 Å². The van der Waals surface area contributed by atoms with Crippen LogP contribution in [0.25, 0.3) is 0 Å². The molecule has 0 saturated heterocycles. The van der Waals surface area contributed by atoms with E-state index < -0.39 is 0 Å². The fourth-order valence-electron chi connectivity index (χ4n) is 2.85. The summed E-state index contributed by atoms with van der Waals surface area (Å²) in [6.07, 6.45) is 0. The lowest BCUT2D eigenvalue weighted by Gasteiger charge is -2.21. The van der Waals surface area contributed by atoms with Crippen LogP contribution in [0.4, 0.5) is 5.69 Å². The maximum Gasteiger partial charge on any atom is 0.278 e. The van der Waals surface area contributed by atoms with Crippen molar-refractivity contribution >= 4 is 40.7 Å². The normalized spacial score (nSPS) is 11.8. The van der Waals surface area contributed by atoms with E-state index in [9.17, 15) is 9.59 Å². The topological polar surface area (TPSA) is 66.0 Å². The molecule has 3 N–H and O–H groups in total. The monoisotopic (exact) mass is 422 g/mol. The van der Waals surface area contributed by atoms with E-state index in [0.29, 0.717) is 22.3 Å². The summed E-state index contributed by atoms with van der Waals surface area (Å²) >= 11 is 12.2. The number of halogens is 2. The second-order valence-corrected chi connectivity index (χ2v) is 7.51. The van der Waals surface area contributed by atoms with Gasteiger partial charge in [-0.25, -0.2) is 0 Å². The molecule has 0 spiro atoms. The fraction of sp³-hybridized carbons (Fsp3) is 0.333. The minimum Gasteiger partial charge on any atom is -0.332 e. The van der Waals surface area contributed by atoms with Crippen molar-refractivity contribution in [3.63, 3.8) is 0 Å². The SMILES string of the molecule is CCN(CC(=O)Nc1cc(Cl)ccc1C)C(=O)C[NH2+][C@@H](C)c1ccccc1Cl. The number of amides is 2. The average molecular weight is 423 g/mol. The number of aryl methyl sites for hydroxylation is 1. The molecular formula is C21H26Cl2N3O2+. The molecule has 2 rings (SSSR count). The van der Waals surface area contributed by atoms with E-state index in [1.54, 1.807) is 12.1 Å². The van der Waals surface area contributed by atoms with E-state index in [1.807, 2.05) is 56.4 Å². The Morgan fingerprint density at radius 2 is 1.89 bits per heavy atom. The lowest BCUT2D eigenvalue weighted by atomic mass is 10.1. The molecule has 0 aromatic heterocycles. The molecular weight excluding hydrogens is 397 g/mol. The number of nitrogens with two attached hydrogens (primary N) is 1. The summed E-state index contributed by atoms with van der Waals surface area (Å²) < 4.78 is 0. The van der Waals surface area contributed by atoms with Gasteiger partial charge in [0.1, 0.15) is 12.6 Å². The van der Waals surface area contributed by atoms with Gasteiger partial charge < -0.3 is 15.5 Å². The van der Waals surface area contributed by atoms with Gasteiger partial charge in [-0.3, -0.25) is 9.59 Å². The number of rotatable bonds is 8. The first-order chi connectivity index (χ1) is 13.3. The molecule has 0 heterocycles. The van der Waals surface area contributed by atoms with Crippen LogP contribution in [0.1, 0.15) is 31.0 Å². The predicted molar refractivity (Wildman–Crippen MR) is 114 cm³/mol. The first kappa shape index (κ1) is 22.2. The van der Waals surface area contributed by atoms with E-state index in [0.717, 1.165) is 11.1 Å². The molecule has 28 heavy (non-hydrogen) atoms. The number of nitrogens with zero attached hydrogens (tertiary/aromatic N) is 1. The van der Waals surface area contributed by atoms with Crippen LogP contribution in [0, 0.1) is 6.92 Å². The van der Waals surface area contributed by atoms with Crippen LogP contribution in [-0.4, -0.2) is 36.3 Å². The molecule has 2 amide bonds.